The van der Waals surface area contributed by atoms with E-state index in [-0.39, 0.29) is 18.3 Å². The highest BCUT2D eigenvalue weighted by molar-refractivity contribution is 7.14. The van der Waals surface area contributed by atoms with Crippen LogP contribution in [0.2, 0.25) is 0 Å². The number of aryl methyl sites for hydroxylation is 1. The molecule has 5 heteroatoms. The van der Waals surface area contributed by atoms with Gasteiger partial charge in [-0.2, -0.15) is 0 Å². The van der Waals surface area contributed by atoms with Gasteiger partial charge in [-0.1, -0.05) is 11.8 Å². The van der Waals surface area contributed by atoms with Crippen molar-refractivity contribution in [2.24, 2.45) is 0 Å². The Morgan fingerprint density at radius 2 is 2.10 bits per heavy atom. The first-order valence-electron chi connectivity index (χ1n) is 6.37. The first-order chi connectivity index (χ1) is 10.1. The van der Waals surface area contributed by atoms with Crippen LogP contribution in [-0.2, 0) is 0 Å². The Bertz CT molecular complexity index is 695. The minimum Gasteiger partial charge on any atom is -0.395 e. The molecule has 0 atom stereocenters. The predicted octanol–water partition coefficient (Wildman–Crippen LogP) is 3.18. The van der Waals surface area contributed by atoms with Gasteiger partial charge in [-0.05, 0) is 42.8 Å². The van der Waals surface area contributed by atoms with E-state index in [1.54, 1.807) is 6.07 Å². The molecule has 0 saturated heterocycles. The summed E-state index contributed by atoms with van der Waals surface area (Å²) in [5.41, 5.74) is 1.47. The first kappa shape index (κ1) is 15.2. The van der Waals surface area contributed by atoms with Crippen molar-refractivity contribution in [3.05, 3.63) is 51.5 Å². The lowest BCUT2D eigenvalue weighted by Gasteiger charge is -2.02. The number of aliphatic hydroxyl groups is 1. The second-order valence-electron chi connectivity index (χ2n) is 4.36. The normalized spacial score (nSPS) is 9.86. The number of carbonyl (C=O) groups is 1. The average Bonchev–Trinajstić information content (AvgIpc) is 2.83. The average molecular weight is 303 g/mol. The molecule has 0 aliphatic rings. The molecule has 2 rings (SSSR count). The molecule has 2 N–H and O–H groups in total. The molecule has 0 saturated carbocycles. The van der Waals surface area contributed by atoms with Crippen LogP contribution < -0.4 is 5.32 Å². The Kier molecular flexibility index (Phi) is 5.09. The fourth-order valence-electron chi connectivity index (χ4n) is 1.64. The van der Waals surface area contributed by atoms with Gasteiger partial charge in [-0.3, -0.25) is 4.79 Å². The Morgan fingerprint density at radius 3 is 2.76 bits per heavy atom. The van der Waals surface area contributed by atoms with E-state index in [0.29, 0.717) is 17.0 Å². The fourth-order valence-corrected chi connectivity index (χ4v) is 2.59. The summed E-state index contributed by atoms with van der Waals surface area (Å²) in [4.78, 5) is 13.5. The molecular weight excluding hydrogens is 289 g/mol. The highest BCUT2D eigenvalue weighted by Gasteiger charge is 2.11. The van der Waals surface area contributed by atoms with E-state index >= 15 is 0 Å². The summed E-state index contributed by atoms with van der Waals surface area (Å²) in [5, 5.41) is 11.4. The third kappa shape index (κ3) is 4.15. The fraction of sp³-hybridized carbons (Fsp3) is 0.188. The van der Waals surface area contributed by atoms with Crippen molar-refractivity contribution in [3.63, 3.8) is 0 Å². The van der Waals surface area contributed by atoms with E-state index in [0.717, 1.165) is 10.4 Å². The van der Waals surface area contributed by atoms with Gasteiger partial charge in [0.15, 0.2) is 0 Å². The van der Waals surface area contributed by atoms with Gasteiger partial charge in [0.05, 0.1) is 16.4 Å². The van der Waals surface area contributed by atoms with Gasteiger partial charge in [0.2, 0.25) is 0 Å². The maximum absolute atomic E-state index is 12.8. The highest BCUT2D eigenvalue weighted by atomic mass is 32.1. The maximum Gasteiger partial charge on any atom is 0.265 e. The topological polar surface area (TPSA) is 49.3 Å². The van der Waals surface area contributed by atoms with Crippen LogP contribution >= 0.6 is 11.3 Å². The summed E-state index contributed by atoms with van der Waals surface area (Å²) in [6, 6.07) is 7.37. The Balaban J connectivity index is 2.11. The van der Waals surface area contributed by atoms with Crippen LogP contribution in [0.1, 0.15) is 26.5 Å². The second-order valence-corrected chi connectivity index (χ2v) is 5.41. The Labute approximate surface area is 126 Å². The van der Waals surface area contributed by atoms with Crippen LogP contribution in [0.5, 0.6) is 0 Å². The van der Waals surface area contributed by atoms with Crippen molar-refractivity contribution in [1.82, 2.24) is 0 Å². The largest absolute Gasteiger partial charge is 0.395 e. The van der Waals surface area contributed by atoms with Crippen LogP contribution in [-0.4, -0.2) is 17.6 Å². The van der Waals surface area contributed by atoms with Crippen LogP contribution in [0.15, 0.2) is 30.3 Å². The van der Waals surface area contributed by atoms with Gasteiger partial charge < -0.3 is 10.4 Å². The van der Waals surface area contributed by atoms with Gasteiger partial charge in [-0.25, -0.2) is 4.39 Å². The predicted molar refractivity (Wildman–Crippen MR) is 82.0 cm³/mol. The second kappa shape index (κ2) is 7.02. The van der Waals surface area contributed by atoms with E-state index in [1.807, 2.05) is 6.92 Å². The zero-order valence-electron chi connectivity index (χ0n) is 11.4. The number of rotatable bonds is 3. The highest BCUT2D eigenvalue weighted by Crippen LogP contribution is 2.22. The minimum absolute atomic E-state index is 0.0231. The lowest BCUT2D eigenvalue weighted by Crippen LogP contribution is -2.09. The van der Waals surface area contributed by atoms with Gasteiger partial charge in [0.1, 0.15) is 5.82 Å². The lowest BCUT2D eigenvalue weighted by molar-refractivity contribution is 0.103. The summed E-state index contributed by atoms with van der Waals surface area (Å²) in [6.45, 7) is 1.91. The smallest absolute Gasteiger partial charge is 0.265 e. The summed E-state index contributed by atoms with van der Waals surface area (Å²) in [5.74, 6) is 5.19. The monoisotopic (exact) mass is 303 g/mol. The lowest BCUT2D eigenvalue weighted by atomic mass is 10.2. The molecule has 0 fully saturated rings. The third-order valence-electron chi connectivity index (χ3n) is 2.68. The number of hydrogen-bond acceptors (Lipinski definition) is 3. The Hall–Kier alpha value is -2.16. The molecule has 0 bridgehead atoms. The number of carbonyl (C=O) groups excluding carboxylic acids is 1. The van der Waals surface area contributed by atoms with E-state index < -0.39 is 0 Å². The SMILES string of the molecule is Cc1cc(C(=O)Nc2ccc(F)cc2)sc1C#CCCO. The van der Waals surface area contributed by atoms with Gasteiger partial charge in [0, 0.05) is 12.1 Å². The molecule has 21 heavy (non-hydrogen) atoms. The Morgan fingerprint density at radius 1 is 1.38 bits per heavy atom. The molecule has 1 amide bonds. The van der Waals surface area contributed by atoms with Crippen molar-refractivity contribution in [2.75, 3.05) is 11.9 Å². The number of anilines is 1. The summed E-state index contributed by atoms with van der Waals surface area (Å²) in [7, 11) is 0. The van der Waals surface area contributed by atoms with Crippen LogP contribution in [0.3, 0.4) is 0 Å². The quantitative estimate of drug-likeness (QED) is 0.856. The standard InChI is InChI=1S/C16H14FNO2S/c1-11-10-15(21-14(11)4-2-3-9-19)16(20)18-13-7-5-12(17)6-8-13/h5-8,10,19H,3,9H2,1H3,(H,18,20). The number of aliphatic hydroxyl groups excluding tert-OH is 1. The van der Waals surface area contributed by atoms with Crippen molar-refractivity contribution in [2.45, 2.75) is 13.3 Å². The summed E-state index contributed by atoms with van der Waals surface area (Å²) in [6.07, 6.45) is 0.411. The molecule has 0 aliphatic carbocycles. The van der Waals surface area contributed by atoms with Gasteiger partial charge >= 0.3 is 0 Å². The molecule has 2 aromatic rings. The van der Waals surface area contributed by atoms with E-state index in [1.165, 1.54) is 35.6 Å². The van der Waals surface area contributed by atoms with Gasteiger partial charge in [-0.15, -0.1) is 11.3 Å². The minimum atomic E-state index is -0.346. The van der Waals surface area contributed by atoms with E-state index in [9.17, 15) is 9.18 Å². The van der Waals surface area contributed by atoms with Crippen molar-refractivity contribution in [1.29, 1.82) is 0 Å². The van der Waals surface area contributed by atoms with Crippen molar-refractivity contribution >= 4 is 22.9 Å². The molecule has 0 spiro atoms. The van der Waals surface area contributed by atoms with Crippen molar-refractivity contribution < 1.29 is 14.3 Å². The molecule has 1 heterocycles. The number of amides is 1. The number of halogens is 1. The molecule has 0 radical (unpaired) electrons. The first-order valence-corrected chi connectivity index (χ1v) is 7.19. The molecule has 0 unspecified atom stereocenters. The number of nitrogens with one attached hydrogen (secondary N) is 1. The van der Waals surface area contributed by atoms with Crippen LogP contribution in [0, 0.1) is 24.6 Å². The zero-order chi connectivity index (χ0) is 15.2. The maximum atomic E-state index is 12.8. The third-order valence-corrected chi connectivity index (χ3v) is 3.83. The number of benzene rings is 1. The van der Waals surface area contributed by atoms with Gasteiger partial charge in [0.25, 0.3) is 5.91 Å². The molecule has 3 nitrogen and oxygen atoms in total. The van der Waals surface area contributed by atoms with E-state index in [4.69, 9.17) is 5.11 Å². The zero-order valence-corrected chi connectivity index (χ0v) is 12.3. The molecule has 108 valence electrons. The molecular formula is C16H14FNO2S. The number of thiophene rings is 1. The van der Waals surface area contributed by atoms with Crippen LogP contribution in [0.25, 0.3) is 0 Å². The molecule has 0 aliphatic heterocycles. The van der Waals surface area contributed by atoms with E-state index in [2.05, 4.69) is 17.2 Å². The summed E-state index contributed by atoms with van der Waals surface area (Å²) >= 11 is 1.30. The summed E-state index contributed by atoms with van der Waals surface area (Å²) < 4.78 is 12.8. The molecule has 1 aromatic carbocycles. The van der Waals surface area contributed by atoms with Crippen molar-refractivity contribution in [3.8, 4) is 11.8 Å². The van der Waals surface area contributed by atoms with Crippen LogP contribution in [0.4, 0.5) is 10.1 Å². The number of hydrogen-bond donors (Lipinski definition) is 2. The molecule has 1 aromatic heterocycles.